The summed E-state index contributed by atoms with van der Waals surface area (Å²) in [5.74, 6) is -0.173. The van der Waals surface area contributed by atoms with Gasteiger partial charge in [-0.3, -0.25) is 9.59 Å². The maximum Gasteiger partial charge on any atom is 0.246 e. The molecule has 5 rings (SSSR count). The van der Waals surface area contributed by atoms with Gasteiger partial charge in [-0.2, -0.15) is 5.23 Å². The highest BCUT2D eigenvalue weighted by Gasteiger charge is 2.48. The van der Waals surface area contributed by atoms with E-state index in [1.165, 1.54) is 0 Å². The third kappa shape index (κ3) is 4.32. The number of aromatic amines is 1. The lowest BCUT2D eigenvalue weighted by atomic mass is 9.86. The molecule has 3 aromatic rings. The van der Waals surface area contributed by atoms with Crippen molar-refractivity contribution in [3.05, 3.63) is 70.6 Å². The van der Waals surface area contributed by atoms with E-state index >= 15 is 0 Å². The summed E-state index contributed by atoms with van der Waals surface area (Å²) in [6.07, 6.45) is 1.23. The fourth-order valence-corrected chi connectivity index (χ4v) is 5.24. The van der Waals surface area contributed by atoms with Crippen molar-refractivity contribution >= 4 is 28.4 Å². The van der Waals surface area contributed by atoms with Crippen LogP contribution < -0.4 is 5.23 Å². The van der Waals surface area contributed by atoms with Crippen molar-refractivity contribution in [3.8, 4) is 0 Å². The molecule has 3 heterocycles. The minimum Gasteiger partial charge on any atom is -0.595 e. The second kappa shape index (κ2) is 9.43. The Balaban J connectivity index is 1.52. The number of benzene rings is 2. The molecule has 1 aromatic heterocycles. The number of ether oxygens (including phenoxy) is 1. The Hall–Kier alpha value is -3.24. The molecule has 3 N–H and O–H groups in total. The van der Waals surface area contributed by atoms with Crippen LogP contribution in [-0.2, 0) is 20.7 Å². The molecule has 2 aliphatic heterocycles. The van der Waals surface area contributed by atoms with Gasteiger partial charge in [0.15, 0.2) is 5.69 Å². The smallest absolute Gasteiger partial charge is 0.246 e. The summed E-state index contributed by atoms with van der Waals surface area (Å²) in [6, 6.07) is 13.4. The molecule has 3 unspecified atom stereocenters. The van der Waals surface area contributed by atoms with Crippen molar-refractivity contribution in [1.82, 2.24) is 14.8 Å². The van der Waals surface area contributed by atoms with E-state index in [0.29, 0.717) is 26.0 Å². The standard InChI is InChI=1S/C26H30N4O5/c1-16(2)35-13-5-12-28-15-23(31)29-22(26(28)32)14-20-19-6-3-4-7-21(19)27-24(20)25(29)17-8-10-18(11-9-17)30(33)34/h3-4,6-11,16,22,25,27,30,33H,5,12-15H2,1-2H3. The summed E-state index contributed by atoms with van der Waals surface area (Å²) in [5.41, 5.74) is 3.80. The van der Waals surface area contributed by atoms with E-state index in [-0.39, 0.29) is 30.2 Å². The number of H-pyrrole nitrogens is 1. The topological polar surface area (TPSA) is 113 Å². The molecule has 2 amide bonds. The highest BCUT2D eigenvalue weighted by molar-refractivity contribution is 5.97. The molecule has 2 aliphatic rings. The van der Waals surface area contributed by atoms with Crippen LogP contribution in [0.15, 0.2) is 48.5 Å². The number of rotatable bonds is 7. The molecule has 3 atom stereocenters. The van der Waals surface area contributed by atoms with Crippen LogP contribution in [0.1, 0.15) is 43.1 Å². The van der Waals surface area contributed by atoms with Crippen molar-refractivity contribution in [2.45, 2.75) is 44.9 Å². The molecule has 0 aliphatic carbocycles. The Morgan fingerprint density at radius 3 is 2.63 bits per heavy atom. The lowest BCUT2D eigenvalue weighted by Crippen LogP contribution is -2.99. The van der Waals surface area contributed by atoms with Gasteiger partial charge in [0.25, 0.3) is 0 Å². The summed E-state index contributed by atoms with van der Waals surface area (Å²) >= 11 is 0. The van der Waals surface area contributed by atoms with Crippen LogP contribution in [-0.4, -0.2) is 63.6 Å². The zero-order valence-corrected chi connectivity index (χ0v) is 19.9. The van der Waals surface area contributed by atoms with Gasteiger partial charge < -0.3 is 24.7 Å². The molecule has 0 spiro atoms. The third-order valence-electron chi connectivity index (χ3n) is 6.84. The zero-order valence-electron chi connectivity index (χ0n) is 19.9. The van der Waals surface area contributed by atoms with Gasteiger partial charge in [-0.1, -0.05) is 30.3 Å². The highest BCUT2D eigenvalue weighted by Crippen LogP contribution is 2.42. The number of carbonyl (C=O) groups excluding carboxylic acids is 2. The molecule has 0 bridgehead atoms. The van der Waals surface area contributed by atoms with Gasteiger partial charge in [0.2, 0.25) is 11.8 Å². The molecule has 9 heteroatoms. The Kier molecular flexibility index (Phi) is 6.33. The van der Waals surface area contributed by atoms with E-state index in [4.69, 9.17) is 4.74 Å². The number of nitrogens with one attached hydrogen (secondary N) is 2. The molecule has 0 radical (unpaired) electrons. The predicted octanol–water partition coefficient (Wildman–Crippen LogP) is 2.07. The highest BCUT2D eigenvalue weighted by atomic mass is 16.8. The molecule has 184 valence electrons. The summed E-state index contributed by atoms with van der Waals surface area (Å²) in [6.45, 7) is 4.97. The molecule has 0 saturated carbocycles. The monoisotopic (exact) mass is 478 g/mol. The SMILES string of the molecule is CC(C)OCCCN1CC(=O)N2C(Cc3c([nH]c4ccccc34)C2c2ccc([NH+]([O-])O)cc2)C1=O. The van der Waals surface area contributed by atoms with Crippen LogP contribution in [0.4, 0.5) is 5.69 Å². The number of nitrogens with zero attached hydrogens (tertiary/aromatic N) is 2. The van der Waals surface area contributed by atoms with Crippen molar-refractivity contribution in [1.29, 1.82) is 0 Å². The summed E-state index contributed by atoms with van der Waals surface area (Å²) in [5, 5.41) is 20.7. The first kappa shape index (κ1) is 23.5. The Bertz CT molecular complexity index is 1240. The quantitative estimate of drug-likeness (QED) is 0.355. The van der Waals surface area contributed by atoms with E-state index in [1.54, 1.807) is 34.1 Å². The van der Waals surface area contributed by atoms with Crippen LogP contribution in [0.25, 0.3) is 10.9 Å². The number of fused-ring (bicyclic) bond motifs is 4. The van der Waals surface area contributed by atoms with Crippen LogP contribution in [0.2, 0.25) is 0 Å². The molecule has 2 aromatic carbocycles. The minimum atomic E-state index is -1.01. The lowest BCUT2D eigenvalue weighted by molar-refractivity contribution is -0.991. The van der Waals surface area contributed by atoms with Gasteiger partial charge >= 0.3 is 0 Å². The second-order valence-corrected chi connectivity index (χ2v) is 9.45. The fraction of sp³-hybridized carbons (Fsp3) is 0.385. The molecule has 9 nitrogen and oxygen atoms in total. The molecular weight excluding hydrogens is 448 g/mol. The van der Waals surface area contributed by atoms with Gasteiger partial charge in [-0.25, -0.2) is 5.21 Å². The Morgan fingerprint density at radius 1 is 1.17 bits per heavy atom. The first-order valence-corrected chi connectivity index (χ1v) is 12.0. The van der Waals surface area contributed by atoms with Crippen LogP contribution >= 0.6 is 0 Å². The number of piperazine rings is 1. The molecular formula is C26H30N4O5. The zero-order chi connectivity index (χ0) is 24.7. The van der Waals surface area contributed by atoms with Crippen molar-refractivity contribution in [2.24, 2.45) is 0 Å². The van der Waals surface area contributed by atoms with Gasteiger partial charge in [0.05, 0.1) is 18.7 Å². The lowest BCUT2D eigenvalue weighted by Gasteiger charge is -2.47. The van der Waals surface area contributed by atoms with E-state index in [2.05, 4.69) is 4.98 Å². The van der Waals surface area contributed by atoms with Gasteiger partial charge in [0.1, 0.15) is 6.04 Å². The summed E-state index contributed by atoms with van der Waals surface area (Å²) < 4.78 is 5.61. The Morgan fingerprint density at radius 2 is 1.91 bits per heavy atom. The fourth-order valence-electron chi connectivity index (χ4n) is 5.24. The maximum atomic E-state index is 13.6. The second-order valence-electron chi connectivity index (χ2n) is 9.45. The first-order chi connectivity index (χ1) is 16.8. The molecule has 35 heavy (non-hydrogen) atoms. The molecule has 1 fully saturated rings. The Labute approximate surface area is 203 Å². The van der Waals surface area contributed by atoms with Gasteiger partial charge in [-0.15, -0.1) is 0 Å². The average Bonchev–Trinajstić information content (AvgIpc) is 3.21. The van der Waals surface area contributed by atoms with E-state index < -0.39 is 17.3 Å². The number of para-hydroxylation sites is 1. The maximum absolute atomic E-state index is 13.6. The number of hydrogen-bond acceptors (Lipinski definition) is 5. The third-order valence-corrected chi connectivity index (χ3v) is 6.84. The van der Waals surface area contributed by atoms with Crippen LogP contribution in [0.5, 0.6) is 0 Å². The predicted molar refractivity (Wildman–Crippen MR) is 129 cm³/mol. The summed E-state index contributed by atoms with van der Waals surface area (Å²) in [4.78, 5) is 34.0. The van der Waals surface area contributed by atoms with Crippen molar-refractivity contribution in [2.75, 3.05) is 19.7 Å². The summed E-state index contributed by atoms with van der Waals surface area (Å²) in [7, 11) is 0. The van der Waals surface area contributed by atoms with Gasteiger partial charge in [-0.05, 0) is 37.5 Å². The van der Waals surface area contributed by atoms with E-state index in [9.17, 15) is 20.0 Å². The minimum absolute atomic E-state index is 0.0241. The van der Waals surface area contributed by atoms with Crippen LogP contribution in [0.3, 0.4) is 0 Å². The number of aromatic nitrogens is 1. The number of quaternary nitrogens is 1. The van der Waals surface area contributed by atoms with Crippen molar-refractivity contribution in [3.63, 3.8) is 0 Å². The normalized spacial score (nSPS) is 20.9. The number of carbonyl (C=O) groups is 2. The van der Waals surface area contributed by atoms with E-state index in [0.717, 1.165) is 27.7 Å². The number of hydrogen-bond donors (Lipinski definition) is 3. The number of amides is 2. The first-order valence-electron chi connectivity index (χ1n) is 12.0. The van der Waals surface area contributed by atoms with Crippen LogP contribution in [0, 0.1) is 5.21 Å². The molecule has 1 saturated heterocycles. The van der Waals surface area contributed by atoms with Gasteiger partial charge in [0, 0.05) is 48.3 Å². The average molecular weight is 479 g/mol. The van der Waals surface area contributed by atoms with E-state index in [1.807, 2.05) is 38.1 Å². The largest absolute Gasteiger partial charge is 0.595 e. The van der Waals surface area contributed by atoms with Crippen molar-refractivity contribution < 1.29 is 24.8 Å².